The Bertz CT molecular complexity index is 175. The fourth-order valence-corrected chi connectivity index (χ4v) is 2.07. The van der Waals surface area contributed by atoms with E-state index in [2.05, 4.69) is 5.32 Å². The lowest BCUT2D eigenvalue weighted by molar-refractivity contribution is -0.147. The van der Waals surface area contributed by atoms with E-state index in [0.717, 1.165) is 19.3 Å². The standard InChI is InChI=1S/C7H11NO2.ClH/c9-6(10)7-2-1-5(3-7)8-4-7;/h5,8H,1-4H2,(H,9,10);1H. The van der Waals surface area contributed by atoms with Crippen molar-refractivity contribution in [2.24, 2.45) is 5.41 Å². The molecule has 2 unspecified atom stereocenters. The summed E-state index contributed by atoms with van der Waals surface area (Å²) in [5, 5.41) is 12.0. The molecule has 0 aromatic carbocycles. The molecule has 2 atom stereocenters. The van der Waals surface area contributed by atoms with E-state index < -0.39 is 5.97 Å². The molecule has 4 heteroatoms. The summed E-state index contributed by atoms with van der Waals surface area (Å²) in [6, 6.07) is 0.496. The van der Waals surface area contributed by atoms with Gasteiger partial charge in [0.2, 0.25) is 0 Å². The van der Waals surface area contributed by atoms with Crippen molar-refractivity contribution in [2.45, 2.75) is 25.3 Å². The van der Waals surface area contributed by atoms with Gasteiger partial charge >= 0.3 is 5.97 Å². The zero-order chi connectivity index (χ0) is 7.19. The number of aliphatic carboxylic acids is 1. The van der Waals surface area contributed by atoms with E-state index in [1.54, 1.807) is 0 Å². The van der Waals surface area contributed by atoms with Crippen LogP contribution in [0.3, 0.4) is 0 Å². The molecule has 0 aromatic rings. The van der Waals surface area contributed by atoms with Crippen LogP contribution in [0, 0.1) is 5.41 Å². The molecular formula is C7H12ClNO2. The Morgan fingerprint density at radius 2 is 2.36 bits per heavy atom. The molecule has 3 nitrogen and oxygen atoms in total. The maximum atomic E-state index is 10.7. The van der Waals surface area contributed by atoms with E-state index in [1.807, 2.05) is 0 Å². The number of hydrogen-bond donors (Lipinski definition) is 2. The number of nitrogens with one attached hydrogen (secondary N) is 1. The number of halogens is 1. The van der Waals surface area contributed by atoms with Crippen LogP contribution in [0.25, 0.3) is 0 Å². The van der Waals surface area contributed by atoms with Crippen LogP contribution in [0.4, 0.5) is 0 Å². The van der Waals surface area contributed by atoms with Gasteiger partial charge in [-0.25, -0.2) is 0 Å². The predicted molar refractivity (Wildman–Crippen MR) is 43.0 cm³/mol. The van der Waals surface area contributed by atoms with Crippen LogP contribution in [0.15, 0.2) is 0 Å². The highest BCUT2D eigenvalue weighted by molar-refractivity contribution is 5.85. The second-order valence-corrected chi connectivity index (χ2v) is 3.41. The van der Waals surface area contributed by atoms with Gasteiger partial charge in [0, 0.05) is 12.6 Å². The maximum Gasteiger partial charge on any atom is 0.310 e. The molecule has 2 aliphatic rings. The van der Waals surface area contributed by atoms with Crippen LogP contribution < -0.4 is 5.32 Å². The lowest BCUT2D eigenvalue weighted by Gasteiger charge is -2.20. The largest absolute Gasteiger partial charge is 0.481 e. The van der Waals surface area contributed by atoms with Crippen molar-refractivity contribution in [3.05, 3.63) is 0 Å². The molecule has 0 aromatic heterocycles. The van der Waals surface area contributed by atoms with E-state index in [1.165, 1.54) is 0 Å². The van der Waals surface area contributed by atoms with Gasteiger partial charge in [-0.3, -0.25) is 4.79 Å². The number of fused-ring (bicyclic) bond motifs is 2. The van der Waals surface area contributed by atoms with Crippen molar-refractivity contribution >= 4 is 18.4 Å². The van der Waals surface area contributed by atoms with Crippen molar-refractivity contribution in [1.82, 2.24) is 5.32 Å². The average Bonchev–Trinajstić information content (AvgIpc) is 2.45. The lowest BCUT2D eigenvalue weighted by atomic mass is 9.88. The minimum atomic E-state index is -0.611. The van der Waals surface area contributed by atoms with Crippen LogP contribution in [0.5, 0.6) is 0 Å². The third-order valence-corrected chi connectivity index (χ3v) is 2.79. The van der Waals surface area contributed by atoms with Gasteiger partial charge in [0.25, 0.3) is 0 Å². The molecule has 1 saturated carbocycles. The second-order valence-electron chi connectivity index (χ2n) is 3.41. The summed E-state index contributed by atoms with van der Waals surface area (Å²) in [5.74, 6) is -0.611. The highest BCUT2D eigenvalue weighted by Gasteiger charge is 2.50. The third-order valence-electron chi connectivity index (χ3n) is 2.79. The number of piperidine rings is 1. The lowest BCUT2D eigenvalue weighted by Crippen LogP contribution is -2.35. The number of rotatable bonds is 1. The molecule has 1 heterocycles. The molecule has 64 valence electrons. The van der Waals surface area contributed by atoms with E-state index in [0.29, 0.717) is 12.6 Å². The number of carboxylic acids is 1. The number of hydrogen-bond acceptors (Lipinski definition) is 2. The highest BCUT2D eigenvalue weighted by atomic mass is 35.5. The summed E-state index contributed by atoms with van der Waals surface area (Å²) in [4.78, 5) is 10.7. The Morgan fingerprint density at radius 1 is 1.64 bits per heavy atom. The van der Waals surface area contributed by atoms with Crippen molar-refractivity contribution in [3.8, 4) is 0 Å². The van der Waals surface area contributed by atoms with Gasteiger partial charge in [-0.05, 0) is 19.3 Å². The zero-order valence-electron chi connectivity index (χ0n) is 6.17. The topological polar surface area (TPSA) is 49.3 Å². The van der Waals surface area contributed by atoms with Crippen LogP contribution in [0.1, 0.15) is 19.3 Å². The van der Waals surface area contributed by atoms with Gasteiger partial charge in [-0.1, -0.05) is 0 Å². The third kappa shape index (κ3) is 1.12. The summed E-state index contributed by atoms with van der Waals surface area (Å²) in [5.41, 5.74) is -0.384. The highest BCUT2D eigenvalue weighted by Crippen LogP contribution is 2.42. The predicted octanol–water partition coefficient (Wildman–Crippen LogP) is 0.635. The molecule has 0 amide bonds. The van der Waals surface area contributed by atoms with Gasteiger partial charge in [-0.15, -0.1) is 12.4 Å². The first-order valence-corrected chi connectivity index (χ1v) is 3.70. The quantitative estimate of drug-likeness (QED) is 0.618. The summed E-state index contributed by atoms with van der Waals surface area (Å²) in [6.45, 7) is 0.687. The van der Waals surface area contributed by atoms with Gasteiger partial charge in [0.1, 0.15) is 0 Å². The summed E-state index contributed by atoms with van der Waals surface area (Å²) in [7, 11) is 0. The van der Waals surface area contributed by atoms with Crippen LogP contribution in [-0.4, -0.2) is 23.7 Å². The minimum Gasteiger partial charge on any atom is -0.481 e. The first kappa shape index (κ1) is 8.81. The summed E-state index contributed by atoms with van der Waals surface area (Å²) >= 11 is 0. The van der Waals surface area contributed by atoms with Crippen molar-refractivity contribution in [3.63, 3.8) is 0 Å². The molecule has 2 fully saturated rings. The van der Waals surface area contributed by atoms with Crippen LogP contribution in [0.2, 0.25) is 0 Å². The van der Waals surface area contributed by atoms with Crippen molar-refractivity contribution in [1.29, 1.82) is 0 Å². The molecule has 0 radical (unpaired) electrons. The minimum absolute atomic E-state index is 0. The van der Waals surface area contributed by atoms with Gasteiger partial charge in [0.15, 0.2) is 0 Å². The van der Waals surface area contributed by atoms with Gasteiger partial charge in [0.05, 0.1) is 5.41 Å². The summed E-state index contributed by atoms with van der Waals surface area (Å²) < 4.78 is 0. The second kappa shape index (κ2) is 2.64. The van der Waals surface area contributed by atoms with E-state index in [4.69, 9.17) is 5.11 Å². The van der Waals surface area contributed by atoms with E-state index in [9.17, 15) is 4.79 Å². The van der Waals surface area contributed by atoms with Crippen LogP contribution >= 0.6 is 12.4 Å². The van der Waals surface area contributed by atoms with Crippen molar-refractivity contribution < 1.29 is 9.90 Å². The molecule has 0 spiro atoms. The SMILES string of the molecule is Cl.O=C(O)C12CCC(C1)NC2. The average molecular weight is 178 g/mol. The monoisotopic (exact) mass is 177 g/mol. The number of carbonyl (C=O) groups is 1. The molecule has 2 bridgehead atoms. The Balaban J connectivity index is 0.000000605. The maximum absolute atomic E-state index is 10.7. The molecule has 1 saturated heterocycles. The Kier molecular flexibility index (Phi) is 2.12. The smallest absolute Gasteiger partial charge is 0.310 e. The van der Waals surface area contributed by atoms with Gasteiger partial charge < -0.3 is 10.4 Å². The fraction of sp³-hybridized carbons (Fsp3) is 0.857. The normalized spacial score (nSPS) is 40.2. The molecule has 1 aliphatic carbocycles. The van der Waals surface area contributed by atoms with Crippen molar-refractivity contribution in [2.75, 3.05) is 6.54 Å². The Labute approximate surface area is 71.6 Å². The fourth-order valence-electron chi connectivity index (χ4n) is 2.07. The molecule has 11 heavy (non-hydrogen) atoms. The van der Waals surface area contributed by atoms with E-state index in [-0.39, 0.29) is 17.8 Å². The van der Waals surface area contributed by atoms with Crippen LogP contribution in [-0.2, 0) is 4.79 Å². The molecule has 2 rings (SSSR count). The molecular weight excluding hydrogens is 166 g/mol. The first-order valence-electron chi connectivity index (χ1n) is 3.70. The van der Waals surface area contributed by atoms with Gasteiger partial charge in [-0.2, -0.15) is 0 Å². The Hall–Kier alpha value is -0.280. The Morgan fingerprint density at radius 3 is 2.55 bits per heavy atom. The molecule has 2 N–H and O–H groups in total. The number of carboxylic acid groups (broad SMARTS) is 1. The molecule has 1 aliphatic heterocycles. The zero-order valence-corrected chi connectivity index (χ0v) is 6.99. The summed E-state index contributed by atoms with van der Waals surface area (Å²) in [6.07, 6.45) is 2.77. The first-order chi connectivity index (χ1) is 4.73. The van der Waals surface area contributed by atoms with E-state index >= 15 is 0 Å².